The molecule has 0 unspecified atom stereocenters. The van der Waals surface area contributed by atoms with E-state index in [1.807, 2.05) is 30.3 Å². The van der Waals surface area contributed by atoms with Crippen LogP contribution in [0.25, 0.3) is 0 Å². The normalized spacial score (nSPS) is 18.3. The average molecular weight is 304 g/mol. The average Bonchev–Trinajstić information content (AvgIpc) is 2.70. The van der Waals surface area contributed by atoms with Crippen molar-refractivity contribution in [3.8, 4) is 5.75 Å². The number of amides is 1. The van der Waals surface area contributed by atoms with Crippen molar-refractivity contribution in [2.45, 2.75) is 63.5 Å². The Labute approximate surface area is 133 Å². The van der Waals surface area contributed by atoms with Crippen molar-refractivity contribution in [1.82, 2.24) is 5.32 Å². The van der Waals surface area contributed by atoms with Gasteiger partial charge in [-0.15, -0.1) is 0 Å². The predicted octanol–water partition coefficient (Wildman–Crippen LogP) is 3.01. The molecule has 0 spiro atoms. The van der Waals surface area contributed by atoms with E-state index in [1.165, 1.54) is 12.8 Å². The van der Waals surface area contributed by atoms with Gasteiger partial charge in [-0.1, -0.05) is 43.9 Å². The van der Waals surface area contributed by atoms with Crippen LogP contribution < -0.4 is 15.8 Å². The molecule has 1 fully saturated rings. The maximum Gasteiger partial charge on any atom is 0.263 e. The van der Waals surface area contributed by atoms with Gasteiger partial charge in [-0.3, -0.25) is 4.79 Å². The fraction of sp³-hybridized carbons (Fsp3) is 0.611. The Kier molecular flexibility index (Phi) is 5.46. The SMILES string of the molecule is CC(C)(Oc1ccccc1)C(=O)NCC1(N)CCCCCC1. The Balaban J connectivity index is 1.90. The Bertz CT molecular complexity index is 477. The van der Waals surface area contributed by atoms with E-state index in [4.69, 9.17) is 10.5 Å². The molecule has 0 aromatic heterocycles. The zero-order valence-corrected chi connectivity index (χ0v) is 13.7. The Morgan fingerprint density at radius 1 is 1.18 bits per heavy atom. The van der Waals surface area contributed by atoms with Crippen molar-refractivity contribution in [2.24, 2.45) is 5.73 Å². The lowest BCUT2D eigenvalue weighted by molar-refractivity contribution is -0.134. The lowest BCUT2D eigenvalue weighted by Gasteiger charge is -2.31. The smallest absolute Gasteiger partial charge is 0.263 e. The number of nitrogens with two attached hydrogens (primary N) is 1. The Morgan fingerprint density at radius 2 is 1.77 bits per heavy atom. The van der Waals surface area contributed by atoms with Crippen molar-refractivity contribution in [3.05, 3.63) is 30.3 Å². The van der Waals surface area contributed by atoms with E-state index < -0.39 is 5.60 Å². The van der Waals surface area contributed by atoms with E-state index >= 15 is 0 Å². The van der Waals surface area contributed by atoms with Crippen molar-refractivity contribution in [2.75, 3.05) is 6.54 Å². The van der Waals surface area contributed by atoms with E-state index in [0.29, 0.717) is 12.3 Å². The molecule has 1 saturated carbocycles. The van der Waals surface area contributed by atoms with Gasteiger partial charge in [0.1, 0.15) is 5.75 Å². The van der Waals surface area contributed by atoms with Crippen LogP contribution in [-0.4, -0.2) is 23.6 Å². The molecule has 0 bridgehead atoms. The van der Waals surface area contributed by atoms with Crippen LogP contribution in [0.3, 0.4) is 0 Å². The maximum absolute atomic E-state index is 12.4. The van der Waals surface area contributed by atoms with Crippen LogP contribution in [0, 0.1) is 0 Å². The van der Waals surface area contributed by atoms with Crippen LogP contribution in [0.15, 0.2) is 30.3 Å². The van der Waals surface area contributed by atoms with Crippen LogP contribution in [0.4, 0.5) is 0 Å². The largest absolute Gasteiger partial charge is 0.478 e. The molecule has 0 aliphatic heterocycles. The van der Waals surface area contributed by atoms with Gasteiger partial charge in [-0.25, -0.2) is 0 Å². The summed E-state index contributed by atoms with van der Waals surface area (Å²) in [6.07, 6.45) is 6.75. The molecule has 2 rings (SSSR count). The quantitative estimate of drug-likeness (QED) is 0.822. The summed E-state index contributed by atoms with van der Waals surface area (Å²) in [7, 11) is 0. The summed E-state index contributed by atoms with van der Waals surface area (Å²) in [6.45, 7) is 4.09. The fourth-order valence-corrected chi connectivity index (χ4v) is 2.91. The highest BCUT2D eigenvalue weighted by molar-refractivity contribution is 5.84. The highest BCUT2D eigenvalue weighted by Crippen LogP contribution is 2.25. The summed E-state index contributed by atoms with van der Waals surface area (Å²) < 4.78 is 5.81. The first-order valence-corrected chi connectivity index (χ1v) is 8.23. The van der Waals surface area contributed by atoms with Crippen molar-refractivity contribution in [3.63, 3.8) is 0 Å². The van der Waals surface area contributed by atoms with Gasteiger partial charge in [0.25, 0.3) is 5.91 Å². The highest BCUT2D eigenvalue weighted by atomic mass is 16.5. The number of rotatable bonds is 5. The third-order valence-corrected chi connectivity index (χ3v) is 4.36. The van der Waals surface area contributed by atoms with Crippen LogP contribution >= 0.6 is 0 Å². The third-order valence-electron chi connectivity index (χ3n) is 4.36. The number of benzene rings is 1. The zero-order valence-electron chi connectivity index (χ0n) is 13.7. The van der Waals surface area contributed by atoms with E-state index in [9.17, 15) is 4.79 Å². The lowest BCUT2D eigenvalue weighted by Crippen LogP contribution is -2.54. The molecule has 1 aromatic rings. The van der Waals surface area contributed by atoms with Gasteiger partial charge >= 0.3 is 0 Å². The summed E-state index contributed by atoms with van der Waals surface area (Å²) in [5, 5.41) is 2.99. The molecule has 0 saturated heterocycles. The first-order chi connectivity index (χ1) is 10.4. The van der Waals surface area contributed by atoms with Crippen LogP contribution in [0.2, 0.25) is 0 Å². The number of hydrogen-bond donors (Lipinski definition) is 2. The first kappa shape index (κ1) is 16.8. The van der Waals surface area contributed by atoms with Crippen molar-refractivity contribution in [1.29, 1.82) is 0 Å². The molecule has 3 N–H and O–H groups in total. The zero-order chi connectivity index (χ0) is 16.1. The van der Waals surface area contributed by atoms with Gasteiger partial charge in [0, 0.05) is 12.1 Å². The van der Waals surface area contributed by atoms with Gasteiger partial charge in [-0.2, -0.15) is 0 Å². The van der Waals surface area contributed by atoms with Crippen LogP contribution in [-0.2, 0) is 4.79 Å². The van der Waals surface area contributed by atoms with E-state index in [1.54, 1.807) is 13.8 Å². The second kappa shape index (κ2) is 7.14. The molecule has 122 valence electrons. The predicted molar refractivity (Wildman–Crippen MR) is 88.8 cm³/mol. The summed E-state index contributed by atoms with van der Waals surface area (Å²) in [5.74, 6) is 0.574. The summed E-state index contributed by atoms with van der Waals surface area (Å²) in [6, 6.07) is 9.41. The lowest BCUT2D eigenvalue weighted by atomic mass is 9.91. The first-order valence-electron chi connectivity index (χ1n) is 8.23. The Hall–Kier alpha value is -1.55. The van der Waals surface area contributed by atoms with Crippen molar-refractivity contribution < 1.29 is 9.53 Å². The number of para-hydroxylation sites is 1. The van der Waals surface area contributed by atoms with E-state index in [-0.39, 0.29) is 11.4 Å². The number of carbonyl (C=O) groups excluding carboxylic acids is 1. The number of nitrogens with one attached hydrogen (secondary N) is 1. The van der Waals surface area contributed by atoms with E-state index in [2.05, 4.69) is 5.32 Å². The fourth-order valence-electron chi connectivity index (χ4n) is 2.91. The van der Waals surface area contributed by atoms with Gasteiger partial charge in [0.2, 0.25) is 0 Å². The van der Waals surface area contributed by atoms with Gasteiger partial charge in [0.05, 0.1) is 0 Å². The molecule has 1 aromatic carbocycles. The minimum Gasteiger partial charge on any atom is -0.478 e. The molecule has 22 heavy (non-hydrogen) atoms. The van der Waals surface area contributed by atoms with Gasteiger partial charge < -0.3 is 15.8 Å². The molecule has 0 heterocycles. The molecule has 0 radical (unpaired) electrons. The summed E-state index contributed by atoms with van der Waals surface area (Å²) in [5.41, 5.74) is 5.26. The topological polar surface area (TPSA) is 64.3 Å². The van der Waals surface area contributed by atoms with E-state index in [0.717, 1.165) is 25.7 Å². The number of ether oxygens (including phenoxy) is 1. The molecular weight excluding hydrogens is 276 g/mol. The third kappa shape index (κ3) is 4.73. The molecule has 1 aliphatic carbocycles. The second-order valence-electron chi connectivity index (χ2n) is 6.88. The van der Waals surface area contributed by atoms with Crippen LogP contribution in [0.1, 0.15) is 52.4 Å². The van der Waals surface area contributed by atoms with Gasteiger partial charge in [0.15, 0.2) is 5.60 Å². The summed E-state index contributed by atoms with van der Waals surface area (Å²) in [4.78, 5) is 12.4. The molecule has 4 heteroatoms. The second-order valence-corrected chi connectivity index (χ2v) is 6.88. The summed E-state index contributed by atoms with van der Waals surface area (Å²) >= 11 is 0. The number of carbonyl (C=O) groups is 1. The number of hydrogen-bond acceptors (Lipinski definition) is 3. The Morgan fingerprint density at radius 3 is 2.36 bits per heavy atom. The minimum absolute atomic E-state index is 0.120. The molecular formula is C18H28N2O2. The standard InChI is InChI=1S/C18H28N2O2/c1-17(2,22-15-10-6-5-7-11-15)16(21)20-14-18(19)12-8-3-4-9-13-18/h5-7,10-11H,3-4,8-9,12-14,19H2,1-2H3,(H,20,21). The highest BCUT2D eigenvalue weighted by Gasteiger charge is 2.33. The molecule has 4 nitrogen and oxygen atoms in total. The maximum atomic E-state index is 12.4. The van der Waals surface area contributed by atoms with Crippen LogP contribution in [0.5, 0.6) is 5.75 Å². The monoisotopic (exact) mass is 304 g/mol. The molecule has 0 atom stereocenters. The van der Waals surface area contributed by atoms with Crippen molar-refractivity contribution >= 4 is 5.91 Å². The minimum atomic E-state index is -0.914. The molecule has 1 aliphatic rings. The van der Waals surface area contributed by atoms with Gasteiger partial charge in [-0.05, 0) is 38.8 Å². The molecule has 1 amide bonds.